The summed E-state index contributed by atoms with van der Waals surface area (Å²) < 4.78 is 17.1. The molecule has 0 bridgehead atoms. The average Bonchev–Trinajstić information content (AvgIpc) is 2.33. The Morgan fingerprint density at radius 3 is 1.08 bits per heavy atom. The van der Waals surface area contributed by atoms with Crippen LogP contribution in [0.15, 0.2) is 12.2 Å². The van der Waals surface area contributed by atoms with E-state index in [-0.39, 0.29) is 4.44 Å². The van der Waals surface area contributed by atoms with E-state index in [1.807, 2.05) is 0 Å². The summed E-state index contributed by atoms with van der Waals surface area (Å²) in [6.07, 6.45) is 0. The molecule has 0 atom stereocenters. The van der Waals surface area contributed by atoms with Crippen LogP contribution in [0.1, 0.15) is 69.2 Å². The van der Waals surface area contributed by atoms with Crippen LogP contribution in [0.5, 0.6) is 0 Å². The summed E-state index contributed by atoms with van der Waals surface area (Å²) in [5.74, 6) is -1.71. The zero-order valence-electron chi connectivity index (χ0n) is 17.9. The van der Waals surface area contributed by atoms with E-state index in [1.165, 1.54) is 0 Å². The van der Waals surface area contributed by atoms with Crippen molar-refractivity contribution in [1.82, 2.24) is 0 Å². The van der Waals surface area contributed by atoms with Gasteiger partial charge in [-0.3, -0.25) is 0 Å². The second-order valence-electron chi connectivity index (χ2n) is 9.74. The maximum atomic E-state index is 12.5. The normalized spacial score (nSPS) is 13.0. The minimum atomic E-state index is -4.97. The number of rotatable bonds is 5. The molecule has 0 aromatic carbocycles. The van der Waals surface area contributed by atoms with E-state index in [1.54, 1.807) is 69.2 Å². The van der Waals surface area contributed by atoms with Gasteiger partial charge in [0.15, 0.2) is 0 Å². The van der Waals surface area contributed by atoms with Gasteiger partial charge < -0.3 is 0 Å². The molecule has 0 N–H and O–H groups in total. The van der Waals surface area contributed by atoms with Crippen molar-refractivity contribution in [3.8, 4) is 0 Å². The van der Waals surface area contributed by atoms with E-state index in [0.717, 1.165) is 0 Å². The van der Waals surface area contributed by atoms with Crippen LogP contribution in [-0.2, 0) is 23.6 Å². The van der Waals surface area contributed by atoms with Gasteiger partial charge in [-0.15, -0.1) is 0 Å². The van der Waals surface area contributed by atoms with Crippen LogP contribution in [-0.4, -0.2) is 37.5 Å². The Hall–Kier alpha value is -1.05. The number of hydrogen-bond acceptors (Lipinski definition) is 6. The summed E-state index contributed by atoms with van der Waals surface area (Å²) in [5, 5.41) is 0. The summed E-state index contributed by atoms with van der Waals surface area (Å²) in [6.45, 7) is 20.7. The second kappa shape index (κ2) is 8.31. The fourth-order valence-electron chi connectivity index (χ4n) is 1.42. The molecule has 0 spiro atoms. The van der Waals surface area contributed by atoms with Crippen LogP contribution in [0.2, 0.25) is 4.44 Å². The first kappa shape index (κ1) is 24.9. The third-order valence-corrected chi connectivity index (χ3v) is 10.3. The molecule has 0 aliphatic heterocycles. The zero-order valence-corrected chi connectivity index (χ0v) is 20.7. The number of carbonyl (C=O) groups is 3. The Kier molecular flexibility index (Phi) is 7.98. The molecule has 0 aromatic heterocycles. The molecule has 0 fully saturated rings. The third-order valence-electron chi connectivity index (χ3n) is 3.10. The summed E-state index contributed by atoms with van der Waals surface area (Å²) in [6, 6.07) is 0. The molecule has 0 radical (unpaired) electrons. The molecule has 0 aliphatic rings. The molecule has 7 heteroatoms. The Balaban J connectivity index is 6.09. The summed E-state index contributed by atoms with van der Waals surface area (Å²) in [5.41, 5.74) is -1.88. The van der Waals surface area contributed by atoms with Crippen molar-refractivity contribution in [3.05, 3.63) is 12.2 Å². The second-order valence-corrected chi connectivity index (χ2v) is 16.4. The first-order chi connectivity index (χ1) is 11.3. The summed E-state index contributed by atoms with van der Waals surface area (Å²) in [4.78, 5) is 37.6. The fraction of sp³-hybridized carbons (Fsp3) is 0.737. The van der Waals surface area contributed by atoms with E-state index >= 15 is 0 Å². The Morgan fingerprint density at radius 1 is 0.692 bits per heavy atom. The Labute approximate surface area is 163 Å². The quantitative estimate of drug-likeness (QED) is 0.435. The van der Waals surface area contributed by atoms with Crippen LogP contribution < -0.4 is 0 Å². The van der Waals surface area contributed by atoms with Crippen molar-refractivity contribution >= 4 is 37.5 Å². The van der Waals surface area contributed by atoms with Gasteiger partial charge in [0.25, 0.3) is 0 Å². The fourth-order valence-corrected chi connectivity index (χ4v) is 9.55. The van der Waals surface area contributed by atoms with E-state index in [2.05, 4.69) is 6.58 Å². The van der Waals surface area contributed by atoms with Gasteiger partial charge >= 0.3 is 163 Å². The van der Waals surface area contributed by atoms with Crippen molar-refractivity contribution in [2.75, 3.05) is 0 Å². The third kappa shape index (κ3) is 8.10. The van der Waals surface area contributed by atoms with Crippen molar-refractivity contribution in [2.45, 2.75) is 73.7 Å². The minimum absolute atomic E-state index is 0.0557. The number of hydrogen-bond donors (Lipinski definition) is 0. The van der Waals surface area contributed by atoms with Crippen molar-refractivity contribution in [3.63, 3.8) is 0 Å². The summed E-state index contributed by atoms with van der Waals surface area (Å²) >= 11 is -4.97. The maximum absolute atomic E-state index is 12.5. The van der Waals surface area contributed by atoms with Crippen molar-refractivity contribution in [2.24, 2.45) is 16.2 Å². The van der Waals surface area contributed by atoms with Gasteiger partial charge in [0.2, 0.25) is 0 Å². The first-order valence-electron chi connectivity index (χ1n) is 8.65. The molecule has 150 valence electrons. The predicted octanol–water partition coefficient (Wildman–Crippen LogP) is 4.27. The van der Waals surface area contributed by atoms with Gasteiger partial charge in [-0.2, -0.15) is 0 Å². The molecular formula is C19H34O6Sn. The van der Waals surface area contributed by atoms with Gasteiger partial charge in [-0.1, -0.05) is 0 Å². The monoisotopic (exact) mass is 478 g/mol. The molecule has 0 saturated carbocycles. The molecule has 0 rings (SSSR count). The van der Waals surface area contributed by atoms with Crippen LogP contribution in [0.3, 0.4) is 0 Å². The Bertz CT molecular complexity index is 503. The van der Waals surface area contributed by atoms with Gasteiger partial charge in [-0.05, 0) is 0 Å². The molecule has 26 heavy (non-hydrogen) atoms. The predicted molar refractivity (Wildman–Crippen MR) is 102 cm³/mol. The summed E-state index contributed by atoms with van der Waals surface area (Å²) in [7, 11) is 0. The molecule has 0 aliphatic carbocycles. The van der Waals surface area contributed by atoms with E-state index in [4.69, 9.17) is 9.22 Å². The van der Waals surface area contributed by atoms with E-state index < -0.39 is 53.8 Å². The Morgan fingerprint density at radius 2 is 0.923 bits per heavy atom. The molecule has 0 unspecified atom stereocenters. The standard InChI is InChI=1S/3C5H10O2.C4H7.Sn/c3*1-5(2,3)4(6)7;1-4(2)3;/h3*1-3H3,(H,6,7);1-2H2,3H3;/q;;;;+3/p-3. The molecule has 6 nitrogen and oxygen atoms in total. The molecular weight excluding hydrogens is 443 g/mol. The average molecular weight is 477 g/mol. The van der Waals surface area contributed by atoms with Crippen molar-refractivity contribution in [1.29, 1.82) is 0 Å². The van der Waals surface area contributed by atoms with Crippen LogP contribution in [0.25, 0.3) is 0 Å². The van der Waals surface area contributed by atoms with Gasteiger partial charge in [0, 0.05) is 0 Å². The van der Waals surface area contributed by atoms with Crippen LogP contribution >= 0.6 is 0 Å². The van der Waals surface area contributed by atoms with E-state index in [9.17, 15) is 14.4 Å². The zero-order chi connectivity index (χ0) is 21.1. The topological polar surface area (TPSA) is 78.9 Å². The van der Waals surface area contributed by atoms with Gasteiger partial charge in [0.05, 0.1) is 0 Å². The van der Waals surface area contributed by atoms with Crippen LogP contribution in [0.4, 0.5) is 0 Å². The first-order valence-corrected chi connectivity index (χ1v) is 14.2. The molecule has 0 heterocycles. The number of carbonyl (C=O) groups excluding carboxylic acids is 3. The van der Waals surface area contributed by atoms with Crippen LogP contribution in [0, 0.1) is 16.2 Å². The van der Waals surface area contributed by atoms with Crippen molar-refractivity contribution < 1.29 is 23.6 Å². The van der Waals surface area contributed by atoms with Gasteiger partial charge in [0.1, 0.15) is 0 Å². The molecule has 0 saturated heterocycles. The van der Waals surface area contributed by atoms with E-state index in [0.29, 0.717) is 5.57 Å². The number of allylic oxidation sites excluding steroid dienone is 1. The molecule has 0 aromatic rings. The van der Waals surface area contributed by atoms with Gasteiger partial charge in [-0.25, -0.2) is 0 Å². The molecule has 0 amide bonds. The SMILES string of the molecule is C=C(C)[CH2][Sn]([O]C(=O)C(C)(C)C)([O]C(=O)C(C)(C)C)[O]C(=O)C(C)(C)C.